The molecule has 0 fully saturated rings. The zero-order valence-corrected chi connectivity index (χ0v) is 27.5. The van der Waals surface area contributed by atoms with Gasteiger partial charge in [0.05, 0.1) is 30.8 Å². The molecule has 0 radical (unpaired) electrons. The van der Waals surface area contributed by atoms with Crippen molar-refractivity contribution >= 4 is 17.1 Å². The molecule has 5 rings (SSSR count). The summed E-state index contributed by atoms with van der Waals surface area (Å²) in [5, 5.41) is 5.25. The summed E-state index contributed by atoms with van der Waals surface area (Å²) in [6, 6.07) is 23.5. The van der Waals surface area contributed by atoms with E-state index in [9.17, 15) is 4.79 Å². The Hall–Kier alpha value is -5.17. The maximum atomic E-state index is 14.0. The molecule has 1 aromatic heterocycles. The Morgan fingerprint density at radius 1 is 0.978 bits per heavy atom. The number of para-hydroxylation sites is 1. The van der Waals surface area contributed by atoms with Crippen LogP contribution in [0, 0.1) is 13.8 Å². The Morgan fingerprint density at radius 3 is 2.50 bits per heavy atom. The van der Waals surface area contributed by atoms with Crippen LogP contribution in [0.2, 0.25) is 0 Å². The molecule has 0 N–H and O–H groups in total. The second-order valence-corrected chi connectivity index (χ2v) is 11.6. The lowest BCUT2D eigenvalue weighted by Gasteiger charge is -2.18. The fourth-order valence-electron chi connectivity index (χ4n) is 5.55. The molecular formula is C39H41N3O4. The van der Waals surface area contributed by atoms with E-state index in [0.717, 1.165) is 39.1 Å². The molecule has 0 amide bonds. The first-order chi connectivity index (χ1) is 22.2. The first-order valence-electron chi connectivity index (χ1n) is 15.6. The van der Waals surface area contributed by atoms with Crippen LogP contribution in [-0.2, 0) is 13.0 Å². The number of hydrogen-bond acceptors (Lipinski definition) is 6. The third kappa shape index (κ3) is 6.89. The van der Waals surface area contributed by atoms with Gasteiger partial charge in [0.2, 0.25) is 0 Å². The Bertz CT molecular complexity index is 1970. The van der Waals surface area contributed by atoms with Gasteiger partial charge in [-0.3, -0.25) is 4.79 Å². The number of aromatic nitrogens is 2. The Balaban J connectivity index is 1.63. The van der Waals surface area contributed by atoms with Crippen molar-refractivity contribution in [2.24, 2.45) is 5.10 Å². The molecule has 0 saturated carbocycles. The minimum atomic E-state index is -0.257. The molecule has 0 aliphatic rings. The number of aryl methyl sites for hydroxylation is 2. The quantitative estimate of drug-likeness (QED) is 0.104. The van der Waals surface area contributed by atoms with Crippen LogP contribution in [0.5, 0.6) is 17.2 Å². The van der Waals surface area contributed by atoms with Gasteiger partial charge in [0, 0.05) is 11.1 Å². The first kappa shape index (κ1) is 32.2. The Morgan fingerprint density at radius 2 is 1.78 bits per heavy atom. The van der Waals surface area contributed by atoms with Crippen molar-refractivity contribution in [3.8, 4) is 28.6 Å². The highest BCUT2D eigenvalue weighted by Gasteiger charge is 2.19. The molecule has 0 unspecified atom stereocenters. The summed E-state index contributed by atoms with van der Waals surface area (Å²) in [5.41, 5.74) is 7.02. The van der Waals surface area contributed by atoms with Crippen molar-refractivity contribution in [1.82, 2.24) is 9.66 Å². The summed E-state index contributed by atoms with van der Waals surface area (Å²) in [4.78, 5) is 18.9. The monoisotopic (exact) mass is 615 g/mol. The van der Waals surface area contributed by atoms with Gasteiger partial charge in [-0.1, -0.05) is 61.9 Å². The second-order valence-electron chi connectivity index (χ2n) is 11.6. The third-order valence-corrected chi connectivity index (χ3v) is 7.80. The number of fused-ring (bicyclic) bond motifs is 1. The molecule has 0 aliphatic carbocycles. The molecule has 0 saturated heterocycles. The highest BCUT2D eigenvalue weighted by atomic mass is 16.5. The summed E-state index contributed by atoms with van der Waals surface area (Å²) >= 11 is 0. The lowest BCUT2D eigenvalue weighted by molar-refractivity contribution is 0.267. The van der Waals surface area contributed by atoms with Crippen LogP contribution in [-0.4, -0.2) is 29.6 Å². The van der Waals surface area contributed by atoms with Gasteiger partial charge in [-0.05, 0) is 91.8 Å². The molecule has 0 atom stereocenters. The number of ether oxygens (including phenoxy) is 3. The first-order valence-corrected chi connectivity index (χ1v) is 15.6. The number of hydrogen-bond donors (Lipinski definition) is 0. The molecule has 7 heteroatoms. The van der Waals surface area contributed by atoms with Gasteiger partial charge >= 0.3 is 0 Å². The summed E-state index contributed by atoms with van der Waals surface area (Å²) in [6.45, 7) is 15.0. The van der Waals surface area contributed by atoms with E-state index in [1.54, 1.807) is 19.4 Å². The van der Waals surface area contributed by atoms with Gasteiger partial charge in [-0.2, -0.15) is 9.78 Å². The lowest BCUT2D eigenvalue weighted by Crippen LogP contribution is -2.21. The molecule has 0 bridgehead atoms. The van der Waals surface area contributed by atoms with E-state index < -0.39 is 0 Å². The molecule has 236 valence electrons. The van der Waals surface area contributed by atoms with E-state index in [0.29, 0.717) is 47.9 Å². The van der Waals surface area contributed by atoms with Crippen molar-refractivity contribution < 1.29 is 14.2 Å². The highest BCUT2D eigenvalue weighted by molar-refractivity contribution is 5.83. The van der Waals surface area contributed by atoms with E-state index in [-0.39, 0.29) is 11.5 Å². The van der Waals surface area contributed by atoms with E-state index in [4.69, 9.17) is 24.3 Å². The van der Waals surface area contributed by atoms with Crippen LogP contribution in [0.3, 0.4) is 0 Å². The zero-order chi connectivity index (χ0) is 32.8. The largest absolute Gasteiger partial charge is 0.496 e. The number of rotatable bonds is 12. The average Bonchev–Trinajstić information content (AvgIpc) is 3.04. The molecule has 0 aliphatic heterocycles. The number of allylic oxidation sites excluding steroid dienone is 1. The molecule has 0 spiro atoms. The summed E-state index contributed by atoms with van der Waals surface area (Å²) in [7, 11) is 1.67. The fraction of sp³-hybridized carbons (Fsp3) is 0.256. The number of benzene rings is 4. The maximum absolute atomic E-state index is 14.0. The number of nitrogens with zero attached hydrogens (tertiary/aromatic N) is 3. The molecule has 5 aromatic rings. The second kappa shape index (κ2) is 14.3. The van der Waals surface area contributed by atoms with Crippen molar-refractivity contribution in [3.05, 3.63) is 129 Å². The lowest BCUT2D eigenvalue weighted by atomic mass is 9.96. The predicted octanol–water partition coefficient (Wildman–Crippen LogP) is 8.40. The smallest absolute Gasteiger partial charge is 0.282 e. The SMILES string of the molecule is C=CCc1cc(C=Nn2c(-c3cc(C(C)C)c(OC)cc3C)nc3ccccc3c2=O)cc(OCC)c1OCc1cccc(C)c1. The van der Waals surface area contributed by atoms with Gasteiger partial charge in [0.25, 0.3) is 5.56 Å². The minimum absolute atomic E-state index is 0.199. The van der Waals surface area contributed by atoms with E-state index in [2.05, 4.69) is 45.5 Å². The van der Waals surface area contributed by atoms with Crippen LogP contribution in [0.15, 0.2) is 95.3 Å². The normalized spacial score (nSPS) is 11.4. The Kier molecular flexibility index (Phi) is 10.0. The zero-order valence-electron chi connectivity index (χ0n) is 27.5. The van der Waals surface area contributed by atoms with Crippen LogP contribution in [0.1, 0.15) is 60.1 Å². The van der Waals surface area contributed by atoms with Crippen molar-refractivity contribution in [3.63, 3.8) is 0 Å². The fourth-order valence-corrected chi connectivity index (χ4v) is 5.55. The molecular weight excluding hydrogens is 574 g/mol. The van der Waals surface area contributed by atoms with Crippen LogP contribution in [0.4, 0.5) is 0 Å². The predicted molar refractivity (Wildman–Crippen MR) is 187 cm³/mol. The molecule has 1 heterocycles. The van der Waals surface area contributed by atoms with Crippen molar-refractivity contribution in [2.75, 3.05) is 13.7 Å². The number of methoxy groups -OCH3 is 1. The van der Waals surface area contributed by atoms with Gasteiger partial charge in [-0.25, -0.2) is 4.98 Å². The highest BCUT2D eigenvalue weighted by Crippen LogP contribution is 2.36. The van der Waals surface area contributed by atoms with Gasteiger partial charge in [-0.15, -0.1) is 6.58 Å². The van der Waals surface area contributed by atoms with Crippen molar-refractivity contribution in [1.29, 1.82) is 0 Å². The minimum Gasteiger partial charge on any atom is -0.496 e. The van der Waals surface area contributed by atoms with E-state index in [1.807, 2.05) is 68.5 Å². The van der Waals surface area contributed by atoms with Gasteiger partial charge in [0.15, 0.2) is 17.3 Å². The maximum Gasteiger partial charge on any atom is 0.282 e. The average molecular weight is 616 g/mol. The third-order valence-electron chi connectivity index (χ3n) is 7.80. The Labute approximate surface area is 270 Å². The summed E-state index contributed by atoms with van der Waals surface area (Å²) in [5.74, 6) is 2.73. The van der Waals surface area contributed by atoms with Crippen LogP contribution < -0.4 is 19.8 Å². The van der Waals surface area contributed by atoms with Crippen molar-refractivity contribution in [2.45, 2.75) is 53.6 Å². The van der Waals surface area contributed by atoms with Gasteiger partial charge < -0.3 is 14.2 Å². The van der Waals surface area contributed by atoms with Crippen LogP contribution >= 0.6 is 0 Å². The topological polar surface area (TPSA) is 74.9 Å². The van der Waals surface area contributed by atoms with Gasteiger partial charge in [0.1, 0.15) is 12.4 Å². The van der Waals surface area contributed by atoms with Crippen LogP contribution in [0.25, 0.3) is 22.3 Å². The van der Waals surface area contributed by atoms with E-state index >= 15 is 0 Å². The molecule has 4 aromatic carbocycles. The standard InChI is InChI=1S/C39H41N3O4/c1-8-13-30-20-29(21-36(45-9-2)37(30)46-24-28-15-12-14-26(5)18-28)23-40-42-38(41-34-17-11-10-16-31(34)39(42)43)33-22-32(25(3)4)35(44-7)19-27(33)6/h8,10-12,14-23,25H,1,9,13,24H2,2-7H3. The summed E-state index contributed by atoms with van der Waals surface area (Å²) in [6.07, 6.45) is 4.07. The molecule has 46 heavy (non-hydrogen) atoms. The van der Waals surface area contributed by atoms with E-state index in [1.165, 1.54) is 10.2 Å². The summed E-state index contributed by atoms with van der Waals surface area (Å²) < 4.78 is 19.5. The molecule has 7 nitrogen and oxygen atoms in total.